The Morgan fingerprint density at radius 2 is 1.86 bits per heavy atom. The Balaban J connectivity index is 2.23. The van der Waals surface area contributed by atoms with Gasteiger partial charge >= 0.3 is 0 Å². The molecule has 14 heavy (non-hydrogen) atoms. The summed E-state index contributed by atoms with van der Waals surface area (Å²) < 4.78 is 0. The Kier molecular flexibility index (Phi) is 2.87. The molecule has 1 fully saturated rings. The molecule has 0 spiro atoms. The van der Waals surface area contributed by atoms with Gasteiger partial charge < -0.3 is 5.32 Å². The summed E-state index contributed by atoms with van der Waals surface area (Å²) in [4.78, 5) is 0. The summed E-state index contributed by atoms with van der Waals surface area (Å²) in [5, 5.41) is 3.56. The summed E-state index contributed by atoms with van der Waals surface area (Å²) in [6, 6.07) is 11.5. The molecule has 0 saturated carbocycles. The summed E-state index contributed by atoms with van der Waals surface area (Å²) in [6.07, 6.45) is 1.30. The van der Waals surface area contributed by atoms with Crippen LogP contribution in [-0.2, 0) is 0 Å². The second-order valence-electron chi connectivity index (χ2n) is 4.45. The first-order valence-corrected chi connectivity index (χ1v) is 5.57. The lowest BCUT2D eigenvalue weighted by atomic mass is 9.78. The van der Waals surface area contributed by atoms with Gasteiger partial charge in [0.2, 0.25) is 0 Å². The molecule has 1 aromatic carbocycles. The van der Waals surface area contributed by atoms with Crippen LogP contribution >= 0.6 is 0 Å². The Hall–Kier alpha value is -0.820. The molecule has 0 unspecified atom stereocenters. The molecule has 0 bridgehead atoms. The highest BCUT2D eigenvalue weighted by molar-refractivity contribution is 5.22. The fraction of sp³-hybridized carbons (Fsp3) is 0.538. The zero-order valence-corrected chi connectivity index (χ0v) is 9.03. The largest absolute Gasteiger partial charge is 0.314 e. The second-order valence-corrected chi connectivity index (χ2v) is 4.45. The van der Waals surface area contributed by atoms with E-state index in [1.54, 1.807) is 0 Å². The first kappa shape index (κ1) is 9.72. The Morgan fingerprint density at radius 1 is 1.14 bits per heavy atom. The molecule has 1 heteroatoms. The van der Waals surface area contributed by atoms with Crippen LogP contribution in [0.1, 0.15) is 31.7 Å². The molecule has 1 N–H and O–H groups in total. The van der Waals surface area contributed by atoms with Crippen molar-refractivity contribution in [3.8, 4) is 0 Å². The average molecular weight is 189 g/mol. The minimum absolute atomic E-state index is 0.612. The van der Waals surface area contributed by atoms with Crippen molar-refractivity contribution in [3.63, 3.8) is 0 Å². The lowest BCUT2D eigenvalue weighted by Crippen LogP contribution is -2.41. The van der Waals surface area contributed by atoms with Crippen LogP contribution in [0.15, 0.2) is 30.3 Å². The summed E-state index contributed by atoms with van der Waals surface area (Å²) in [5.41, 5.74) is 1.49. The van der Waals surface area contributed by atoms with Gasteiger partial charge in [0.1, 0.15) is 0 Å². The predicted octanol–water partition coefficient (Wildman–Crippen LogP) is 2.79. The zero-order valence-electron chi connectivity index (χ0n) is 9.03. The molecule has 76 valence electrons. The summed E-state index contributed by atoms with van der Waals surface area (Å²) in [5.74, 6) is 1.48. The van der Waals surface area contributed by atoms with Gasteiger partial charge in [0.25, 0.3) is 0 Å². The van der Waals surface area contributed by atoms with Crippen molar-refractivity contribution >= 4 is 0 Å². The molecule has 1 aromatic rings. The molecular formula is C13H19N. The van der Waals surface area contributed by atoms with Crippen LogP contribution in [0.25, 0.3) is 0 Å². The van der Waals surface area contributed by atoms with Gasteiger partial charge in [-0.1, -0.05) is 37.3 Å². The van der Waals surface area contributed by atoms with E-state index in [0.29, 0.717) is 12.0 Å². The normalized spacial score (nSPS) is 32.9. The maximum Gasteiger partial charge on any atom is 0.0110 e. The van der Waals surface area contributed by atoms with Gasteiger partial charge in [-0.2, -0.15) is 0 Å². The first-order chi connectivity index (χ1) is 6.79. The van der Waals surface area contributed by atoms with Crippen molar-refractivity contribution < 1.29 is 0 Å². The van der Waals surface area contributed by atoms with Gasteiger partial charge in [-0.05, 0) is 31.4 Å². The second kappa shape index (κ2) is 4.14. The topological polar surface area (TPSA) is 12.0 Å². The van der Waals surface area contributed by atoms with Crippen molar-refractivity contribution in [2.75, 3.05) is 6.54 Å². The van der Waals surface area contributed by atoms with Crippen molar-refractivity contribution in [3.05, 3.63) is 35.9 Å². The van der Waals surface area contributed by atoms with Crippen molar-refractivity contribution in [2.24, 2.45) is 5.92 Å². The first-order valence-electron chi connectivity index (χ1n) is 5.57. The summed E-state index contributed by atoms with van der Waals surface area (Å²) in [6.45, 7) is 5.84. The fourth-order valence-electron chi connectivity index (χ4n) is 2.63. The van der Waals surface area contributed by atoms with E-state index in [-0.39, 0.29) is 0 Å². The van der Waals surface area contributed by atoms with Gasteiger partial charge in [0.05, 0.1) is 0 Å². The van der Waals surface area contributed by atoms with E-state index in [0.717, 1.165) is 5.92 Å². The van der Waals surface area contributed by atoms with Gasteiger partial charge in [-0.25, -0.2) is 0 Å². The van der Waals surface area contributed by atoms with E-state index in [2.05, 4.69) is 49.5 Å². The lowest BCUT2D eigenvalue weighted by Gasteiger charge is -2.35. The molecule has 0 amide bonds. The number of benzene rings is 1. The maximum absolute atomic E-state index is 3.56. The number of hydrogen-bond donors (Lipinski definition) is 1. The number of hydrogen-bond acceptors (Lipinski definition) is 1. The third kappa shape index (κ3) is 1.83. The smallest absolute Gasteiger partial charge is 0.0110 e. The Labute approximate surface area is 86.5 Å². The molecule has 0 radical (unpaired) electrons. The van der Waals surface area contributed by atoms with Crippen LogP contribution in [0.4, 0.5) is 0 Å². The molecule has 2 rings (SSSR count). The minimum Gasteiger partial charge on any atom is -0.314 e. The molecule has 1 nitrogen and oxygen atoms in total. The van der Waals surface area contributed by atoms with Crippen LogP contribution in [-0.4, -0.2) is 12.6 Å². The van der Waals surface area contributed by atoms with Crippen LogP contribution < -0.4 is 5.32 Å². The molecule has 1 heterocycles. The molecule has 0 aromatic heterocycles. The summed E-state index contributed by atoms with van der Waals surface area (Å²) >= 11 is 0. The summed E-state index contributed by atoms with van der Waals surface area (Å²) in [7, 11) is 0. The van der Waals surface area contributed by atoms with Crippen LogP contribution in [0.2, 0.25) is 0 Å². The van der Waals surface area contributed by atoms with E-state index in [4.69, 9.17) is 0 Å². The minimum atomic E-state index is 0.612. The van der Waals surface area contributed by atoms with Crippen LogP contribution in [0, 0.1) is 5.92 Å². The molecular weight excluding hydrogens is 170 g/mol. The third-order valence-corrected chi connectivity index (χ3v) is 3.40. The zero-order chi connectivity index (χ0) is 9.97. The van der Waals surface area contributed by atoms with Crippen molar-refractivity contribution in [1.82, 2.24) is 5.32 Å². The van der Waals surface area contributed by atoms with E-state index >= 15 is 0 Å². The van der Waals surface area contributed by atoms with Gasteiger partial charge in [-0.3, -0.25) is 0 Å². The quantitative estimate of drug-likeness (QED) is 0.716. The van der Waals surface area contributed by atoms with Crippen LogP contribution in [0.5, 0.6) is 0 Å². The van der Waals surface area contributed by atoms with E-state index < -0.39 is 0 Å². The molecule has 1 aliphatic rings. The van der Waals surface area contributed by atoms with Crippen molar-refractivity contribution in [2.45, 2.75) is 32.2 Å². The van der Waals surface area contributed by atoms with Crippen molar-refractivity contribution in [1.29, 1.82) is 0 Å². The predicted molar refractivity (Wildman–Crippen MR) is 60.4 cm³/mol. The lowest BCUT2D eigenvalue weighted by molar-refractivity contribution is 0.284. The highest BCUT2D eigenvalue weighted by Crippen LogP contribution is 2.32. The Morgan fingerprint density at radius 3 is 2.50 bits per heavy atom. The average Bonchev–Trinajstić information content (AvgIpc) is 2.19. The van der Waals surface area contributed by atoms with Gasteiger partial charge in [-0.15, -0.1) is 0 Å². The number of rotatable bonds is 1. The highest BCUT2D eigenvalue weighted by atomic mass is 14.9. The standard InChI is InChI=1S/C13H19N/c1-10-8-9-14-11(2)13(10)12-6-4-3-5-7-12/h3-7,10-11,13-14H,8-9H2,1-2H3/t10-,11-,13-/m1/s1. The fourth-order valence-corrected chi connectivity index (χ4v) is 2.63. The number of nitrogens with one attached hydrogen (secondary N) is 1. The monoisotopic (exact) mass is 189 g/mol. The van der Waals surface area contributed by atoms with E-state index in [1.807, 2.05) is 0 Å². The van der Waals surface area contributed by atoms with Gasteiger partial charge in [0, 0.05) is 12.0 Å². The number of piperidine rings is 1. The molecule has 0 aliphatic carbocycles. The SMILES string of the molecule is C[C@@H]1CCN[C@H](C)[C@@H]1c1ccccc1. The maximum atomic E-state index is 3.56. The Bertz CT molecular complexity index is 271. The third-order valence-electron chi connectivity index (χ3n) is 3.40. The van der Waals surface area contributed by atoms with Gasteiger partial charge in [0.15, 0.2) is 0 Å². The van der Waals surface area contributed by atoms with E-state index in [9.17, 15) is 0 Å². The van der Waals surface area contributed by atoms with E-state index in [1.165, 1.54) is 18.5 Å². The molecule has 1 aliphatic heterocycles. The highest BCUT2D eigenvalue weighted by Gasteiger charge is 2.28. The molecule has 1 saturated heterocycles. The molecule has 3 atom stereocenters. The van der Waals surface area contributed by atoms with Crippen LogP contribution in [0.3, 0.4) is 0 Å².